The van der Waals surface area contributed by atoms with Gasteiger partial charge in [-0.25, -0.2) is 15.0 Å². The van der Waals surface area contributed by atoms with Crippen molar-refractivity contribution in [3.63, 3.8) is 0 Å². The minimum absolute atomic E-state index is 0.564. The molecule has 66 heavy (non-hydrogen) atoms. The molecule has 4 heteroatoms. The molecule has 0 saturated heterocycles. The summed E-state index contributed by atoms with van der Waals surface area (Å²) >= 11 is 1.92. The molecule has 11 aromatic rings. The number of nitrogens with zero attached hydrogens (tertiary/aromatic N) is 3. The van der Waals surface area contributed by atoms with Gasteiger partial charge in [0, 0.05) is 32.0 Å². The van der Waals surface area contributed by atoms with E-state index in [9.17, 15) is 0 Å². The fraction of sp³-hybridized carbons (Fsp3) is 0.0161. The van der Waals surface area contributed by atoms with Crippen molar-refractivity contribution in [2.75, 3.05) is 0 Å². The second kappa shape index (κ2) is 15.4. The Bertz CT molecular complexity index is 3570. The first kappa shape index (κ1) is 38.2. The summed E-state index contributed by atoms with van der Waals surface area (Å²) in [4.78, 5) is 18.0. The molecule has 2 aromatic heterocycles. The molecule has 1 unspecified atom stereocenters. The fourth-order valence-electron chi connectivity index (χ4n) is 10.5. The lowest BCUT2D eigenvalue weighted by atomic mass is 9.69. The van der Waals surface area contributed by atoms with Crippen molar-refractivity contribution in [3.05, 3.63) is 259 Å². The monoisotopic (exact) mass is 857 g/mol. The zero-order valence-electron chi connectivity index (χ0n) is 35.8. The smallest absolute Gasteiger partial charge is 0.164 e. The average molecular weight is 858 g/mol. The van der Waals surface area contributed by atoms with Crippen molar-refractivity contribution in [1.29, 1.82) is 0 Å². The average Bonchev–Trinajstić information content (AvgIpc) is 4.04. The van der Waals surface area contributed by atoms with E-state index in [1.807, 2.05) is 47.7 Å². The summed E-state index contributed by atoms with van der Waals surface area (Å²) in [5, 5.41) is 0. The van der Waals surface area contributed by atoms with E-state index < -0.39 is 5.41 Å². The van der Waals surface area contributed by atoms with Gasteiger partial charge in [0.15, 0.2) is 17.5 Å². The van der Waals surface area contributed by atoms with E-state index in [1.54, 1.807) is 0 Å². The number of hydrogen-bond donors (Lipinski definition) is 0. The molecule has 1 spiro atoms. The Kier molecular flexibility index (Phi) is 8.93. The zero-order chi connectivity index (χ0) is 43.6. The third-order valence-electron chi connectivity index (χ3n) is 13.3. The number of hydrogen-bond acceptors (Lipinski definition) is 4. The van der Waals surface area contributed by atoms with Crippen LogP contribution in [0.5, 0.6) is 0 Å². The van der Waals surface area contributed by atoms with Gasteiger partial charge in [0.2, 0.25) is 0 Å². The molecule has 2 aliphatic carbocycles. The Morgan fingerprint density at radius 3 is 1.26 bits per heavy atom. The van der Waals surface area contributed by atoms with Crippen LogP contribution in [0, 0.1) is 0 Å². The molecule has 0 radical (unpaired) electrons. The van der Waals surface area contributed by atoms with Gasteiger partial charge in [-0.05, 0) is 96.6 Å². The molecule has 0 aliphatic heterocycles. The summed E-state index contributed by atoms with van der Waals surface area (Å²) in [6.07, 6.45) is 0. The highest BCUT2D eigenvalue weighted by atomic mass is 32.1. The number of rotatable bonds is 7. The minimum Gasteiger partial charge on any atom is -0.208 e. The molecule has 0 bridgehead atoms. The lowest BCUT2D eigenvalue weighted by Crippen LogP contribution is -2.26. The summed E-state index contributed by atoms with van der Waals surface area (Å²) in [6, 6.07) is 85.2. The highest BCUT2D eigenvalue weighted by Crippen LogP contribution is 2.68. The fourth-order valence-corrected chi connectivity index (χ4v) is 11.9. The number of fused-ring (bicyclic) bond motifs is 10. The molecule has 308 valence electrons. The summed E-state index contributed by atoms with van der Waals surface area (Å²) < 4.78 is 0. The van der Waals surface area contributed by atoms with E-state index in [2.05, 4.69) is 200 Å². The molecule has 0 saturated carbocycles. The summed E-state index contributed by atoms with van der Waals surface area (Å²) in [7, 11) is 0. The van der Waals surface area contributed by atoms with Crippen LogP contribution in [-0.4, -0.2) is 15.0 Å². The first-order valence-corrected chi connectivity index (χ1v) is 23.2. The van der Waals surface area contributed by atoms with Crippen LogP contribution in [0.1, 0.15) is 22.3 Å². The molecule has 2 aliphatic rings. The van der Waals surface area contributed by atoms with Crippen LogP contribution in [0.2, 0.25) is 0 Å². The van der Waals surface area contributed by atoms with Gasteiger partial charge in [-0.15, -0.1) is 11.3 Å². The predicted octanol–water partition coefficient (Wildman–Crippen LogP) is 15.9. The van der Waals surface area contributed by atoms with Gasteiger partial charge in [-0.1, -0.05) is 212 Å². The lowest BCUT2D eigenvalue weighted by Gasteiger charge is -2.31. The van der Waals surface area contributed by atoms with E-state index in [0.717, 1.165) is 38.9 Å². The lowest BCUT2D eigenvalue weighted by molar-refractivity contribution is 0.799. The van der Waals surface area contributed by atoms with Gasteiger partial charge in [0.25, 0.3) is 0 Å². The van der Waals surface area contributed by atoms with Crippen molar-refractivity contribution in [1.82, 2.24) is 15.0 Å². The Balaban J connectivity index is 1.08. The maximum absolute atomic E-state index is 5.21. The molecule has 3 nitrogen and oxygen atoms in total. The van der Waals surface area contributed by atoms with Crippen molar-refractivity contribution >= 4 is 11.3 Å². The van der Waals surface area contributed by atoms with E-state index in [4.69, 9.17) is 15.0 Å². The SMILES string of the molecule is c1ccc(-c2cc(-c3ccc4c(c3)C3(c5ccccc5-4)c4ccccc4-c4c(-c5ccccc5)sc(-c5ccccc5)c43)cc(-c3nc(-c4ccccc4)nc(-c4ccccc4)n3)c2)cc1. The Labute approximate surface area is 388 Å². The van der Waals surface area contributed by atoms with Crippen molar-refractivity contribution in [3.8, 4) is 99.6 Å². The predicted molar refractivity (Wildman–Crippen MR) is 272 cm³/mol. The van der Waals surface area contributed by atoms with Crippen LogP contribution in [-0.2, 0) is 5.41 Å². The van der Waals surface area contributed by atoms with Gasteiger partial charge in [0.05, 0.1) is 5.41 Å². The molecule has 0 amide bonds. The Morgan fingerprint density at radius 1 is 0.273 bits per heavy atom. The van der Waals surface area contributed by atoms with Gasteiger partial charge in [-0.3, -0.25) is 0 Å². The van der Waals surface area contributed by atoms with Gasteiger partial charge in [-0.2, -0.15) is 0 Å². The van der Waals surface area contributed by atoms with E-state index in [0.29, 0.717) is 17.5 Å². The Morgan fingerprint density at radius 2 is 0.682 bits per heavy atom. The second-order valence-electron chi connectivity index (χ2n) is 17.0. The molecule has 1 atom stereocenters. The van der Waals surface area contributed by atoms with Crippen LogP contribution < -0.4 is 0 Å². The summed E-state index contributed by atoms with van der Waals surface area (Å²) in [6.45, 7) is 0. The molecule has 2 heterocycles. The third kappa shape index (κ3) is 5.99. The molecule has 0 fully saturated rings. The molecular weight excluding hydrogens is 819 g/mol. The zero-order valence-corrected chi connectivity index (χ0v) is 36.6. The largest absolute Gasteiger partial charge is 0.208 e. The van der Waals surface area contributed by atoms with E-state index >= 15 is 0 Å². The topological polar surface area (TPSA) is 38.7 Å². The second-order valence-corrected chi connectivity index (χ2v) is 18.1. The maximum atomic E-state index is 5.21. The summed E-state index contributed by atoms with van der Waals surface area (Å²) in [5.41, 5.74) is 19.6. The minimum atomic E-state index is -0.564. The quantitative estimate of drug-likeness (QED) is 0.160. The van der Waals surface area contributed by atoms with Crippen LogP contribution in [0.15, 0.2) is 237 Å². The maximum Gasteiger partial charge on any atom is 0.164 e. The first-order chi connectivity index (χ1) is 32.7. The standard InChI is InChI=1S/C62H39N3S/c1-6-20-40(21-7-1)46-36-47(38-48(37-46)61-64-59(43-26-12-4-13-27-43)63-60(65-61)44-28-14-5-15-29-44)45-34-35-50-49-30-16-18-32-52(49)62(54(50)39-45)53-33-19-17-31-51(53)55-56(62)58(42-24-10-3-11-25-42)66-57(55)41-22-8-2-9-23-41/h1-39H. The highest BCUT2D eigenvalue weighted by Gasteiger charge is 2.54. The molecule has 0 N–H and O–H groups in total. The molecule has 13 rings (SSSR count). The van der Waals surface area contributed by atoms with Crippen LogP contribution in [0.25, 0.3) is 99.6 Å². The van der Waals surface area contributed by atoms with Gasteiger partial charge in [0.1, 0.15) is 0 Å². The van der Waals surface area contributed by atoms with E-state index in [-0.39, 0.29) is 0 Å². The number of thiophene rings is 1. The van der Waals surface area contributed by atoms with Gasteiger partial charge >= 0.3 is 0 Å². The third-order valence-corrected chi connectivity index (χ3v) is 14.6. The van der Waals surface area contributed by atoms with Crippen molar-refractivity contribution in [2.24, 2.45) is 0 Å². The molecule has 9 aromatic carbocycles. The van der Waals surface area contributed by atoms with Crippen LogP contribution in [0.4, 0.5) is 0 Å². The van der Waals surface area contributed by atoms with Crippen LogP contribution in [0.3, 0.4) is 0 Å². The van der Waals surface area contributed by atoms with Crippen molar-refractivity contribution in [2.45, 2.75) is 5.41 Å². The number of benzene rings is 9. The van der Waals surface area contributed by atoms with Crippen LogP contribution >= 0.6 is 11.3 Å². The highest BCUT2D eigenvalue weighted by molar-refractivity contribution is 7.19. The Hall–Kier alpha value is -8.31. The normalized spacial score (nSPS) is 14.1. The summed E-state index contributed by atoms with van der Waals surface area (Å²) in [5.74, 6) is 1.90. The number of aromatic nitrogens is 3. The first-order valence-electron chi connectivity index (χ1n) is 22.4. The van der Waals surface area contributed by atoms with Crippen molar-refractivity contribution < 1.29 is 0 Å². The molecular formula is C62H39N3S. The van der Waals surface area contributed by atoms with Gasteiger partial charge < -0.3 is 0 Å². The van der Waals surface area contributed by atoms with E-state index in [1.165, 1.54) is 65.4 Å².